The van der Waals surface area contributed by atoms with Crippen molar-refractivity contribution >= 4 is 19.8 Å². The van der Waals surface area contributed by atoms with Crippen molar-refractivity contribution < 1.29 is 47.9 Å². The van der Waals surface area contributed by atoms with Gasteiger partial charge in [-0.3, -0.25) is 4.52 Å². The second-order valence-electron chi connectivity index (χ2n) is 7.59. The van der Waals surface area contributed by atoms with Gasteiger partial charge in [0.15, 0.2) is 18.5 Å². The van der Waals surface area contributed by atoms with Crippen LogP contribution in [0.25, 0.3) is 0 Å². The SMILES string of the molecule is CC(C)N=C(NC(C)C)OC(=O)c1ccc[n+]([C@@H]2O[C@H](COP(=O)(O)O)[C@@H](O)[C@H]2O)c1. The molecule has 174 valence electrons. The number of carbonyl (C=O) groups excluding carboxylic acids is 1. The lowest BCUT2D eigenvalue weighted by Crippen LogP contribution is -2.46. The van der Waals surface area contributed by atoms with Crippen LogP contribution in [0, 0.1) is 0 Å². The number of hydrogen-bond acceptors (Lipinski definition) is 8. The van der Waals surface area contributed by atoms with E-state index >= 15 is 0 Å². The second kappa shape index (κ2) is 10.6. The van der Waals surface area contributed by atoms with E-state index in [1.807, 2.05) is 27.7 Å². The Hall–Kier alpha value is -1.92. The number of amidine groups is 1. The van der Waals surface area contributed by atoms with Gasteiger partial charge in [0, 0.05) is 18.2 Å². The molecule has 2 heterocycles. The lowest BCUT2D eigenvalue weighted by atomic mass is 10.1. The molecule has 0 aliphatic carbocycles. The fourth-order valence-electron chi connectivity index (χ4n) is 2.78. The van der Waals surface area contributed by atoms with Crippen molar-refractivity contribution in [2.45, 2.75) is 64.3 Å². The molecule has 13 heteroatoms. The third kappa shape index (κ3) is 7.62. The van der Waals surface area contributed by atoms with Gasteiger partial charge in [0.2, 0.25) is 0 Å². The first kappa shape index (κ1) is 25.3. The van der Waals surface area contributed by atoms with Gasteiger partial charge in [-0.05, 0) is 33.8 Å². The number of aliphatic hydroxyl groups is 2. The van der Waals surface area contributed by atoms with Crippen LogP contribution in [0.4, 0.5) is 0 Å². The highest BCUT2D eigenvalue weighted by Crippen LogP contribution is 2.37. The molecule has 0 aromatic carbocycles. The Morgan fingerprint density at radius 1 is 1.29 bits per heavy atom. The number of phosphoric acid groups is 1. The topological polar surface area (TPSA) is 171 Å². The number of aliphatic hydroxyl groups excluding tert-OH is 2. The number of carbonyl (C=O) groups is 1. The molecule has 4 atom stereocenters. The fourth-order valence-corrected chi connectivity index (χ4v) is 3.12. The highest BCUT2D eigenvalue weighted by atomic mass is 31.2. The maximum atomic E-state index is 12.6. The van der Waals surface area contributed by atoms with E-state index in [-0.39, 0.29) is 23.7 Å². The van der Waals surface area contributed by atoms with Gasteiger partial charge in [-0.1, -0.05) is 0 Å². The average molecular weight is 462 g/mol. The van der Waals surface area contributed by atoms with Crippen LogP contribution < -0.4 is 9.88 Å². The standard InChI is InChI=1S/C18H28N3O9P/c1-10(2)19-18(20-11(3)4)30-17(24)12-6-5-7-21(8-12)16-15(23)14(22)13(29-16)9-28-31(25,26)27/h5-8,10-11,13-16,22-23H,9H2,1-4H3,(H2-,19,20,25,26,27)/p+1/t13-,14-,15-,16-/m1/s1. The molecule has 31 heavy (non-hydrogen) atoms. The van der Waals surface area contributed by atoms with Crippen molar-refractivity contribution in [2.24, 2.45) is 4.99 Å². The van der Waals surface area contributed by atoms with Gasteiger partial charge in [-0.2, -0.15) is 4.57 Å². The smallest absolute Gasteiger partial charge is 0.389 e. The normalized spacial score (nSPS) is 24.6. The summed E-state index contributed by atoms with van der Waals surface area (Å²) in [6.07, 6.45) is -2.33. The number of hydrogen-bond donors (Lipinski definition) is 5. The van der Waals surface area contributed by atoms with E-state index in [2.05, 4.69) is 14.8 Å². The Morgan fingerprint density at radius 3 is 2.55 bits per heavy atom. The van der Waals surface area contributed by atoms with Crippen LogP contribution in [0.5, 0.6) is 0 Å². The van der Waals surface area contributed by atoms with E-state index in [9.17, 15) is 19.6 Å². The average Bonchev–Trinajstić information content (AvgIpc) is 2.93. The molecule has 1 fully saturated rings. The van der Waals surface area contributed by atoms with Crippen molar-refractivity contribution in [1.82, 2.24) is 5.32 Å². The Balaban J connectivity index is 2.15. The number of ether oxygens (including phenoxy) is 2. The molecule has 1 aliphatic rings. The first-order chi connectivity index (χ1) is 14.4. The lowest BCUT2D eigenvalue weighted by molar-refractivity contribution is -0.765. The molecule has 1 aliphatic heterocycles. The van der Waals surface area contributed by atoms with E-state index in [1.54, 1.807) is 0 Å². The number of nitrogens with zero attached hydrogens (tertiary/aromatic N) is 2. The molecule has 0 radical (unpaired) electrons. The molecule has 1 saturated heterocycles. The summed E-state index contributed by atoms with van der Waals surface area (Å²) >= 11 is 0. The molecule has 5 N–H and O–H groups in total. The first-order valence-corrected chi connectivity index (χ1v) is 11.2. The van der Waals surface area contributed by atoms with E-state index in [4.69, 9.17) is 19.3 Å². The van der Waals surface area contributed by atoms with Crippen LogP contribution in [0.3, 0.4) is 0 Å². The minimum absolute atomic E-state index is 0.0122. The van der Waals surface area contributed by atoms with Gasteiger partial charge < -0.3 is 34.8 Å². The molecule has 0 saturated carbocycles. The van der Waals surface area contributed by atoms with E-state index in [0.29, 0.717) is 0 Å². The molecule has 2 rings (SSSR count). The Labute approximate surface area is 179 Å². The number of rotatable bonds is 7. The van der Waals surface area contributed by atoms with Crippen LogP contribution in [0.2, 0.25) is 0 Å². The van der Waals surface area contributed by atoms with E-state index in [1.165, 1.54) is 29.1 Å². The van der Waals surface area contributed by atoms with Gasteiger partial charge in [-0.25, -0.2) is 14.4 Å². The molecule has 0 unspecified atom stereocenters. The summed E-state index contributed by atoms with van der Waals surface area (Å²) in [7, 11) is -4.77. The van der Waals surface area contributed by atoms with Gasteiger partial charge in [0.05, 0.1) is 6.61 Å². The van der Waals surface area contributed by atoms with Crippen molar-refractivity contribution in [3.8, 4) is 0 Å². The third-order valence-corrected chi connectivity index (χ3v) is 4.56. The summed E-state index contributed by atoms with van der Waals surface area (Å²) in [5.74, 6) is -0.698. The summed E-state index contributed by atoms with van der Waals surface area (Å²) in [4.78, 5) is 34.4. The zero-order chi connectivity index (χ0) is 23.3. The number of aliphatic imine (C=N–C) groups is 1. The zero-order valence-electron chi connectivity index (χ0n) is 17.7. The molecule has 0 spiro atoms. The predicted molar refractivity (Wildman–Crippen MR) is 107 cm³/mol. The van der Waals surface area contributed by atoms with Crippen molar-refractivity contribution in [1.29, 1.82) is 0 Å². The lowest BCUT2D eigenvalue weighted by Gasteiger charge is -2.14. The largest absolute Gasteiger partial charge is 0.469 e. The molecule has 0 bridgehead atoms. The highest BCUT2D eigenvalue weighted by Gasteiger charge is 2.49. The summed E-state index contributed by atoms with van der Waals surface area (Å²) in [5, 5.41) is 23.4. The van der Waals surface area contributed by atoms with Crippen LogP contribution in [0.1, 0.15) is 44.3 Å². The van der Waals surface area contributed by atoms with Crippen LogP contribution in [-0.4, -0.2) is 69.0 Å². The molecule has 0 amide bonds. The summed E-state index contributed by atoms with van der Waals surface area (Å²) in [5.41, 5.74) is 0.129. The maximum Gasteiger partial charge on any atom is 0.469 e. The number of aromatic nitrogens is 1. The van der Waals surface area contributed by atoms with Crippen LogP contribution in [-0.2, 0) is 18.6 Å². The van der Waals surface area contributed by atoms with Crippen LogP contribution in [0.15, 0.2) is 29.5 Å². The van der Waals surface area contributed by atoms with Crippen molar-refractivity contribution in [3.63, 3.8) is 0 Å². The van der Waals surface area contributed by atoms with Crippen LogP contribution >= 0.6 is 7.82 Å². The fraction of sp³-hybridized carbons (Fsp3) is 0.611. The number of pyridine rings is 1. The van der Waals surface area contributed by atoms with Gasteiger partial charge in [-0.15, -0.1) is 0 Å². The molecule has 1 aromatic rings. The van der Waals surface area contributed by atoms with Crippen molar-refractivity contribution in [2.75, 3.05) is 6.61 Å². The molecular weight excluding hydrogens is 433 g/mol. The molecular formula is C18H29N3O9P+. The number of esters is 1. The summed E-state index contributed by atoms with van der Waals surface area (Å²) in [6, 6.07) is 2.97. The third-order valence-electron chi connectivity index (χ3n) is 4.07. The number of phosphoric ester groups is 1. The van der Waals surface area contributed by atoms with E-state index < -0.39 is 44.9 Å². The second-order valence-corrected chi connectivity index (χ2v) is 8.83. The van der Waals surface area contributed by atoms with Gasteiger partial charge >= 0.3 is 13.8 Å². The Morgan fingerprint density at radius 2 is 1.97 bits per heavy atom. The Bertz CT molecular complexity index is 842. The van der Waals surface area contributed by atoms with Gasteiger partial charge in [0.1, 0.15) is 17.8 Å². The highest BCUT2D eigenvalue weighted by molar-refractivity contribution is 7.46. The van der Waals surface area contributed by atoms with E-state index in [0.717, 1.165) is 0 Å². The number of nitrogens with one attached hydrogen (secondary N) is 1. The minimum atomic E-state index is -4.77. The predicted octanol–water partition coefficient (Wildman–Crippen LogP) is -0.378. The maximum absolute atomic E-state index is 12.6. The monoisotopic (exact) mass is 462 g/mol. The zero-order valence-corrected chi connectivity index (χ0v) is 18.5. The van der Waals surface area contributed by atoms with Crippen molar-refractivity contribution in [3.05, 3.63) is 30.1 Å². The quantitative estimate of drug-likeness (QED) is 0.118. The first-order valence-electron chi connectivity index (χ1n) is 9.66. The van der Waals surface area contributed by atoms with Gasteiger partial charge in [0.25, 0.3) is 12.2 Å². The minimum Gasteiger partial charge on any atom is -0.389 e. The molecule has 12 nitrogen and oxygen atoms in total. The summed E-state index contributed by atoms with van der Waals surface area (Å²) < 4.78 is 27.4. The Kier molecular flexibility index (Phi) is 8.66. The molecule has 1 aromatic heterocycles. The summed E-state index contributed by atoms with van der Waals surface area (Å²) in [6.45, 7) is 6.79.